The lowest BCUT2D eigenvalue weighted by molar-refractivity contribution is 0.647. The highest BCUT2D eigenvalue weighted by Gasteiger charge is 2.54. The van der Waals surface area contributed by atoms with E-state index >= 15 is 0 Å². The highest BCUT2D eigenvalue weighted by Crippen LogP contribution is 2.63. The van der Waals surface area contributed by atoms with Crippen LogP contribution in [0.5, 0.6) is 0 Å². The van der Waals surface area contributed by atoms with Gasteiger partial charge in [-0.3, -0.25) is 0 Å². The summed E-state index contributed by atoms with van der Waals surface area (Å²) in [5, 5.41) is 0. The smallest absolute Gasteiger partial charge is 0.0163 e. The Morgan fingerprint density at radius 2 is 2.45 bits per heavy atom. The summed E-state index contributed by atoms with van der Waals surface area (Å²) < 4.78 is 0. The second kappa shape index (κ2) is 1.69. The molecule has 0 aromatic carbocycles. The predicted molar refractivity (Wildman–Crippen MR) is 46.1 cm³/mol. The minimum absolute atomic E-state index is 0.535. The van der Waals surface area contributed by atoms with E-state index in [0.29, 0.717) is 5.41 Å². The van der Waals surface area contributed by atoms with Crippen LogP contribution < -0.4 is 0 Å². The number of rotatable bonds is 0. The van der Waals surface area contributed by atoms with E-state index in [1.807, 2.05) is 0 Å². The average molecular weight is 144 g/mol. The molecule has 56 valence electrons. The summed E-state index contributed by atoms with van der Waals surface area (Å²) in [5.41, 5.74) is 2.22. The van der Waals surface area contributed by atoms with Crippen molar-refractivity contribution in [3.8, 4) is 0 Å². The Bertz CT molecular complexity index is 280. The van der Waals surface area contributed by atoms with Crippen LogP contribution in [0, 0.1) is 11.3 Å². The van der Waals surface area contributed by atoms with Gasteiger partial charge in [0.1, 0.15) is 0 Å². The first kappa shape index (κ1) is 5.82. The molecular weight excluding hydrogens is 132 g/mol. The summed E-state index contributed by atoms with van der Waals surface area (Å²) in [6.45, 7) is 0. The first-order valence-corrected chi connectivity index (χ1v) is 4.47. The molecule has 0 radical (unpaired) electrons. The van der Waals surface area contributed by atoms with E-state index in [9.17, 15) is 0 Å². The van der Waals surface area contributed by atoms with Gasteiger partial charge < -0.3 is 0 Å². The zero-order valence-corrected chi connectivity index (χ0v) is 6.59. The Labute approximate surface area is 67.3 Å². The second-order valence-corrected chi connectivity index (χ2v) is 3.87. The molecule has 0 heteroatoms. The minimum atomic E-state index is 0.535. The van der Waals surface area contributed by atoms with E-state index in [1.54, 1.807) is 5.57 Å². The molecule has 3 aliphatic rings. The van der Waals surface area contributed by atoms with E-state index in [2.05, 4.69) is 30.4 Å². The van der Waals surface area contributed by atoms with Crippen LogP contribution in [0.25, 0.3) is 0 Å². The summed E-state index contributed by atoms with van der Waals surface area (Å²) >= 11 is 0. The first-order valence-electron chi connectivity index (χ1n) is 4.47. The van der Waals surface area contributed by atoms with Crippen LogP contribution in [0.3, 0.4) is 0 Å². The fraction of sp³-hybridized carbons (Fsp3) is 0.455. The molecule has 0 nitrogen and oxygen atoms in total. The second-order valence-electron chi connectivity index (χ2n) is 3.87. The van der Waals surface area contributed by atoms with Crippen LogP contribution in [0.2, 0.25) is 0 Å². The van der Waals surface area contributed by atoms with Crippen LogP contribution in [0.4, 0.5) is 0 Å². The lowest BCUT2D eigenvalue weighted by Crippen LogP contribution is -2.09. The first-order chi connectivity index (χ1) is 5.42. The molecule has 0 bridgehead atoms. The number of hydrogen-bond donors (Lipinski definition) is 0. The number of allylic oxidation sites excluding steroid dienone is 6. The maximum absolute atomic E-state index is 2.44. The topological polar surface area (TPSA) is 0 Å². The highest BCUT2D eigenvalue weighted by molar-refractivity contribution is 5.43. The van der Waals surface area contributed by atoms with Gasteiger partial charge in [-0.25, -0.2) is 0 Å². The summed E-state index contributed by atoms with van der Waals surface area (Å²) in [4.78, 5) is 0. The third-order valence-corrected chi connectivity index (χ3v) is 3.29. The molecule has 0 heterocycles. The Morgan fingerprint density at radius 1 is 1.45 bits per heavy atom. The molecule has 1 fully saturated rings. The van der Waals surface area contributed by atoms with Gasteiger partial charge in [0.05, 0.1) is 0 Å². The maximum atomic E-state index is 2.44. The van der Waals surface area contributed by atoms with Crippen LogP contribution in [0.15, 0.2) is 36.0 Å². The quantitative estimate of drug-likeness (QED) is 0.458. The lowest BCUT2D eigenvalue weighted by Gasteiger charge is -2.22. The van der Waals surface area contributed by atoms with Gasteiger partial charge in [-0.1, -0.05) is 36.0 Å². The van der Waals surface area contributed by atoms with Crippen molar-refractivity contribution in [1.82, 2.24) is 0 Å². The van der Waals surface area contributed by atoms with Crippen LogP contribution in [0.1, 0.15) is 19.3 Å². The normalized spacial score (nSPS) is 44.4. The minimum Gasteiger partial charge on any atom is -0.0873 e. The van der Waals surface area contributed by atoms with E-state index in [-0.39, 0.29) is 0 Å². The molecule has 1 saturated carbocycles. The summed E-state index contributed by atoms with van der Waals surface area (Å²) in [6, 6.07) is 0. The summed E-state index contributed by atoms with van der Waals surface area (Å²) in [6.07, 6.45) is 15.7. The van der Waals surface area contributed by atoms with Crippen molar-refractivity contribution in [1.29, 1.82) is 0 Å². The van der Waals surface area contributed by atoms with E-state index < -0.39 is 0 Å². The zero-order valence-electron chi connectivity index (χ0n) is 6.59. The van der Waals surface area contributed by atoms with Crippen molar-refractivity contribution in [2.45, 2.75) is 19.3 Å². The van der Waals surface area contributed by atoms with Gasteiger partial charge in [0.25, 0.3) is 0 Å². The molecule has 3 rings (SSSR count). The van der Waals surface area contributed by atoms with Gasteiger partial charge in [0.2, 0.25) is 0 Å². The molecule has 3 aliphatic carbocycles. The third-order valence-electron chi connectivity index (χ3n) is 3.29. The van der Waals surface area contributed by atoms with E-state index in [4.69, 9.17) is 0 Å². The molecule has 0 N–H and O–H groups in total. The molecule has 0 amide bonds. The summed E-state index contributed by atoms with van der Waals surface area (Å²) in [7, 11) is 0. The molecule has 0 aromatic rings. The highest BCUT2D eigenvalue weighted by atomic mass is 14.6. The van der Waals surface area contributed by atoms with Crippen molar-refractivity contribution in [2.75, 3.05) is 0 Å². The zero-order chi connectivity index (χ0) is 7.31. The van der Waals surface area contributed by atoms with Crippen molar-refractivity contribution in [2.24, 2.45) is 11.3 Å². The van der Waals surface area contributed by atoms with Crippen molar-refractivity contribution in [3.63, 3.8) is 0 Å². The molecule has 0 saturated heterocycles. The fourth-order valence-electron chi connectivity index (χ4n) is 2.52. The molecule has 1 spiro atoms. The fourth-order valence-corrected chi connectivity index (χ4v) is 2.52. The Kier molecular flexibility index (Phi) is 0.892. The number of hydrogen-bond acceptors (Lipinski definition) is 0. The lowest BCUT2D eigenvalue weighted by atomic mass is 9.83. The average Bonchev–Trinajstić information content (AvgIpc) is 2.75. The predicted octanol–water partition coefficient (Wildman–Crippen LogP) is 2.84. The van der Waals surface area contributed by atoms with Gasteiger partial charge in [-0.05, 0) is 25.2 Å². The Hall–Kier alpha value is -0.780. The van der Waals surface area contributed by atoms with Gasteiger partial charge in [0, 0.05) is 5.41 Å². The molecule has 2 unspecified atom stereocenters. The van der Waals surface area contributed by atoms with Gasteiger partial charge in [-0.15, -0.1) is 0 Å². The molecule has 2 atom stereocenters. The SMILES string of the molecule is C1=CC2CC23C=CCCC3=C1. The Balaban J connectivity index is 2.12. The molecular formula is C11H12. The summed E-state index contributed by atoms with van der Waals surface area (Å²) in [5.74, 6) is 0.860. The van der Waals surface area contributed by atoms with Crippen molar-refractivity contribution < 1.29 is 0 Å². The van der Waals surface area contributed by atoms with Crippen LogP contribution in [-0.2, 0) is 0 Å². The monoisotopic (exact) mass is 144 g/mol. The Morgan fingerprint density at radius 3 is 3.36 bits per heavy atom. The van der Waals surface area contributed by atoms with E-state index in [1.165, 1.54) is 19.3 Å². The van der Waals surface area contributed by atoms with E-state index in [0.717, 1.165) is 5.92 Å². The molecule has 11 heavy (non-hydrogen) atoms. The maximum Gasteiger partial charge on any atom is 0.0163 e. The van der Waals surface area contributed by atoms with Crippen LogP contribution in [-0.4, -0.2) is 0 Å². The van der Waals surface area contributed by atoms with Crippen LogP contribution >= 0.6 is 0 Å². The molecule has 0 aliphatic heterocycles. The largest absolute Gasteiger partial charge is 0.0873 e. The third kappa shape index (κ3) is 0.604. The van der Waals surface area contributed by atoms with Gasteiger partial charge in [0.15, 0.2) is 0 Å². The van der Waals surface area contributed by atoms with Gasteiger partial charge in [-0.2, -0.15) is 0 Å². The molecule has 0 aromatic heterocycles. The van der Waals surface area contributed by atoms with Crippen molar-refractivity contribution in [3.05, 3.63) is 36.0 Å². The van der Waals surface area contributed by atoms with Crippen molar-refractivity contribution >= 4 is 0 Å². The standard InChI is InChI=1S/C11H12/c1-2-7-11-8-10(11)6-3-5-9(11)4-1/h2-3,5-7,10H,1,4,8H2. The van der Waals surface area contributed by atoms with Gasteiger partial charge >= 0.3 is 0 Å².